The minimum Gasteiger partial charge on any atom is -0.480 e. The molecule has 0 radical (unpaired) electrons. The van der Waals surface area contributed by atoms with Crippen molar-refractivity contribution in [3.63, 3.8) is 0 Å². The Morgan fingerprint density at radius 1 is 1.62 bits per heavy atom. The van der Waals surface area contributed by atoms with Gasteiger partial charge in [0.25, 0.3) is 0 Å². The van der Waals surface area contributed by atoms with Crippen molar-refractivity contribution in [2.45, 2.75) is 32.2 Å². The molecule has 0 saturated carbocycles. The average Bonchev–Trinajstić information content (AvgIpc) is 2.11. The average molecular weight is 185 g/mol. The SMILES string of the molecule is C=CC(=O)NC(CCCC)C(=O)O. The summed E-state index contributed by atoms with van der Waals surface area (Å²) in [6.07, 6.45) is 3.23. The van der Waals surface area contributed by atoms with Crippen molar-refractivity contribution in [3.05, 3.63) is 12.7 Å². The molecule has 13 heavy (non-hydrogen) atoms. The molecule has 0 fully saturated rings. The Morgan fingerprint density at radius 3 is 2.62 bits per heavy atom. The number of hydrogen-bond donors (Lipinski definition) is 2. The van der Waals surface area contributed by atoms with Crippen LogP contribution in [0.5, 0.6) is 0 Å². The second kappa shape index (κ2) is 6.22. The summed E-state index contributed by atoms with van der Waals surface area (Å²) in [6.45, 7) is 5.21. The number of unbranched alkanes of at least 4 members (excludes halogenated alkanes) is 1. The molecule has 4 heteroatoms. The van der Waals surface area contributed by atoms with Gasteiger partial charge in [0.05, 0.1) is 0 Å². The molecule has 0 aromatic rings. The lowest BCUT2D eigenvalue weighted by Gasteiger charge is -2.11. The fraction of sp³-hybridized carbons (Fsp3) is 0.556. The topological polar surface area (TPSA) is 66.4 Å². The van der Waals surface area contributed by atoms with Crippen LogP contribution in [0.2, 0.25) is 0 Å². The number of rotatable bonds is 6. The highest BCUT2D eigenvalue weighted by Crippen LogP contribution is 2.00. The van der Waals surface area contributed by atoms with Crippen molar-refractivity contribution >= 4 is 11.9 Å². The van der Waals surface area contributed by atoms with Crippen molar-refractivity contribution in [2.75, 3.05) is 0 Å². The minimum absolute atomic E-state index is 0.441. The van der Waals surface area contributed by atoms with Gasteiger partial charge in [0, 0.05) is 0 Å². The number of aliphatic carboxylic acids is 1. The lowest BCUT2D eigenvalue weighted by atomic mass is 10.1. The minimum atomic E-state index is -0.997. The molecule has 0 aliphatic heterocycles. The monoisotopic (exact) mass is 185 g/mol. The normalized spacial score (nSPS) is 11.8. The van der Waals surface area contributed by atoms with Crippen LogP contribution in [-0.2, 0) is 9.59 Å². The van der Waals surface area contributed by atoms with E-state index in [9.17, 15) is 9.59 Å². The van der Waals surface area contributed by atoms with E-state index in [2.05, 4.69) is 11.9 Å². The van der Waals surface area contributed by atoms with Crippen LogP contribution in [0.4, 0.5) is 0 Å². The van der Waals surface area contributed by atoms with Gasteiger partial charge in [-0.1, -0.05) is 26.3 Å². The summed E-state index contributed by atoms with van der Waals surface area (Å²) in [4.78, 5) is 21.4. The van der Waals surface area contributed by atoms with Crippen LogP contribution in [-0.4, -0.2) is 23.0 Å². The van der Waals surface area contributed by atoms with Crippen LogP contribution in [0.3, 0.4) is 0 Å². The zero-order valence-electron chi connectivity index (χ0n) is 7.75. The standard InChI is InChI=1S/C9H15NO3/c1-3-5-6-7(9(12)13)10-8(11)4-2/h4,7H,2-3,5-6H2,1H3,(H,10,11)(H,12,13). The Balaban J connectivity index is 4.01. The Bertz CT molecular complexity index is 201. The summed E-state index contributed by atoms with van der Waals surface area (Å²) in [5, 5.41) is 11.0. The van der Waals surface area contributed by atoms with E-state index >= 15 is 0 Å². The second-order valence-corrected chi connectivity index (χ2v) is 2.75. The van der Waals surface area contributed by atoms with Gasteiger partial charge in [-0.3, -0.25) is 4.79 Å². The van der Waals surface area contributed by atoms with Crippen molar-refractivity contribution in [3.8, 4) is 0 Å². The first-order valence-corrected chi connectivity index (χ1v) is 4.27. The molecule has 0 aromatic carbocycles. The van der Waals surface area contributed by atoms with Crippen molar-refractivity contribution in [1.29, 1.82) is 0 Å². The number of hydrogen-bond acceptors (Lipinski definition) is 2. The summed E-state index contributed by atoms with van der Waals surface area (Å²) in [5.41, 5.74) is 0. The first kappa shape index (κ1) is 11.7. The maximum atomic E-state index is 10.8. The zero-order valence-corrected chi connectivity index (χ0v) is 7.75. The summed E-state index contributed by atoms with van der Waals surface area (Å²) >= 11 is 0. The fourth-order valence-corrected chi connectivity index (χ4v) is 0.896. The number of amides is 1. The van der Waals surface area contributed by atoms with E-state index in [1.54, 1.807) is 0 Å². The van der Waals surface area contributed by atoms with Crippen molar-refractivity contribution in [1.82, 2.24) is 5.32 Å². The van der Waals surface area contributed by atoms with E-state index in [4.69, 9.17) is 5.11 Å². The zero-order chi connectivity index (χ0) is 10.3. The third kappa shape index (κ3) is 5.00. The molecule has 1 atom stereocenters. The molecule has 0 bridgehead atoms. The largest absolute Gasteiger partial charge is 0.480 e. The molecule has 0 spiro atoms. The lowest BCUT2D eigenvalue weighted by Crippen LogP contribution is -2.39. The van der Waals surface area contributed by atoms with Crippen LogP contribution in [0.15, 0.2) is 12.7 Å². The summed E-state index contributed by atoms with van der Waals surface area (Å²) in [6, 6.07) is -0.787. The predicted octanol–water partition coefficient (Wildman–Crippen LogP) is 0.932. The maximum Gasteiger partial charge on any atom is 0.326 e. The van der Waals surface area contributed by atoms with E-state index in [1.165, 1.54) is 0 Å². The van der Waals surface area contributed by atoms with E-state index < -0.39 is 17.9 Å². The molecular weight excluding hydrogens is 170 g/mol. The number of nitrogens with one attached hydrogen (secondary N) is 1. The number of carbonyl (C=O) groups is 2. The van der Waals surface area contributed by atoms with E-state index in [-0.39, 0.29) is 0 Å². The molecule has 0 aromatic heterocycles. The van der Waals surface area contributed by atoms with Gasteiger partial charge in [0.1, 0.15) is 6.04 Å². The van der Waals surface area contributed by atoms with Crippen molar-refractivity contribution in [2.24, 2.45) is 0 Å². The van der Waals surface area contributed by atoms with Crippen LogP contribution in [0.25, 0.3) is 0 Å². The molecular formula is C9H15NO3. The van der Waals surface area contributed by atoms with E-state index in [0.717, 1.165) is 18.9 Å². The van der Waals surface area contributed by atoms with Crippen LogP contribution in [0.1, 0.15) is 26.2 Å². The van der Waals surface area contributed by atoms with Gasteiger partial charge < -0.3 is 10.4 Å². The number of carboxylic acids is 1. The summed E-state index contributed by atoms with van der Waals surface area (Å²) in [7, 11) is 0. The van der Waals surface area contributed by atoms with E-state index in [0.29, 0.717) is 6.42 Å². The van der Waals surface area contributed by atoms with Crippen LogP contribution in [0, 0.1) is 0 Å². The third-order valence-corrected chi connectivity index (χ3v) is 1.65. The van der Waals surface area contributed by atoms with Gasteiger partial charge in [-0.2, -0.15) is 0 Å². The molecule has 0 heterocycles. The highest BCUT2D eigenvalue weighted by Gasteiger charge is 2.17. The smallest absolute Gasteiger partial charge is 0.326 e. The first-order chi connectivity index (χ1) is 6.11. The van der Waals surface area contributed by atoms with Crippen LogP contribution >= 0.6 is 0 Å². The Kier molecular flexibility index (Phi) is 5.59. The highest BCUT2D eigenvalue weighted by molar-refractivity contribution is 5.90. The lowest BCUT2D eigenvalue weighted by molar-refractivity contribution is -0.141. The highest BCUT2D eigenvalue weighted by atomic mass is 16.4. The maximum absolute atomic E-state index is 10.8. The summed E-state index contributed by atoms with van der Waals surface area (Å²) < 4.78 is 0. The quantitative estimate of drug-likeness (QED) is 0.605. The second-order valence-electron chi connectivity index (χ2n) is 2.75. The Hall–Kier alpha value is -1.32. The molecule has 0 aliphatic carbocycles. The number of carboxylic acid groups (broad SMARTS) is 1. The van der Waals surface area contributed by atoms with E-state index in [1.807, 2.05) is 6.92 Å². The fourth-order valence-electron chi connectivity index (χ4n) is 0.896. The van der Waals surface area contributed by atoms with Gasteiger partial charge in [-0.25, -0.2) is 4.79 Å². The van der Waals surface area contributed by atoms with Crippen LogP contribution < -0.4 is 5.32 Å². The molecule has 1 amide bonds. The predicted molar refractivity (Wildman–Crippen MR) is 49.3 cm³/mol. The van der Waals surface area contributed by atoms with Gasteiger partial charge in [0.15, 0.2) is 0 Å². The molecule has 2 N–H and O–H groups in total. The molecule has 0 aliphatic rings. The molecule has 0 saturated heterocycles. The molecule has 1 unspecified atom stereocenters. The third-order valence-electron chi connectivity index (χ3n) is 1.65. The Morgan fingerprint density at radius 2 is 2.23 bits per heavy atom. The Labute approximate surface area is 77.6 Å². The van der Waals surface area contributed by atoms with Crippen molar-refractivity contribution < 1.29 is 14.7 Å². The van der Waals surface area contributed by atoms with Gasteiger partial charge in [-0.15, -0.1) is 0 Å². The molecule has 0 rings (SSSR count). The molecule has 74 valence electrons. The van der Waals surface area contributed by atoms with Gasteiger partial charge in [-0.05, 0) is 12.5 Å². The van der Waals surface area contributed by atoms with Gasteiger partial charge in [0.2, 0.25) is 5.91 Å². The summed E-state index contributed by atoms with van der Waals surface area (Å²) in [5.74, 6) is -1.44. The number of carbonyl (C=O) groups excluding carboxylic acids is 1. The molecule has 4 nitrogen and oxygen atoms in total. The first-order valence-electron chi connectivity index (χ1n) is 4.27. The van der Waals surface area contributed by atoms with Gasteiger partial charge >= 0.3 is 5.97 Å².